The number of benzene rings is 1. The van der Waals surface area contributed by atoms with Crippen LogP contribution < -0.4 is 9.80 Å². The van der Waals surface area contributed by atoms with Crippen molar-refractivity contribution in [2.75, 3.05) is 36.0 Å². The molecule has 1 fully saturated rings. The maximum absolute atomic E-state index is 12.8. The van der Waals surface area contributed by atoms with Gasteiger partial charge in [0.15, 0.2) is 0 Å². The molecule has 23 heavy (non-hydrogen) atoms. The lowest BCUT2D eigenvalue weighted by Gasteiger charge is -2.36. The van der Waals surface area contributed by atoms with E-state index in [0.29, 0.717) is 31.9 Å². The fourth-order valence-electron chi connectivity index (χ4n) is 2.68. The molecule has 3 rings (SSSR count). The summed E-state index contributed by atoms with van der Waals surface area (Å²) >= 11 is 0. The molecular weight excluding hydrogens is 305 g/mol. The second-order valence-corrected chi connectivity index (χ2v) is 5.54. The number of halogens is 3. The quantitative estimate of drug-likeness (QED) is 0.850. The second kappa shape index (κ2) is 6.06. The van der Waals surface area contributed by atoms with Gasteiger partial charge >= 0.3 is 6.18 Å². The number of aryl methyl sites for hydroxylation is 1. The number of hydrogen-bond acceptors (Lipinski definition) is 4. The molecule has 0 radical (unpaired) electrons. The van der Waals surface area contributed by atoms with E-state index in [-0.39, 0.29) is 0 Å². The van der Waals surface area contributed by atoms with E-state index < -0.39 is 11.7 Å². The largest absolute Gasteiger partial charge is 0.416 e. The number of rotatable bonds is 2. The van der Waals surface area contributed by atoms with Crippen molar-refractivity contribution in [2.45, 2.75) is 13.1 Å². The van der Waals surface area contributed by atoms with Crippen molar-refractivity contribution in [1.82, 2.24) is 9.97 Å². The number of aromatic nitrogens is 2. The van der Waals surface area contributed by atoms with Crippen LogP contribution in [0.2, 0.25) is 0 Å². The third-order valence-corrected chi connectivity index (χ3v) is 3.88. The highest BCUT2D eigenvalue weighted by atomic mass is 19.4. The lowest BCUT2D eigenvalue weighted by molar-refractivity contribution is -0.137. The van der Waals surface area contributed by atoms with Gasteiger partial charge in [0.25, 0.3) is 0 Å². The van der Waals surface area contributed by atoms with Crippen molar-refractivity contribution in [3.8, 4) is 0 Å². The second-order valence-electron chi connectivity index (χ2n) is 5.54. The van der Waals surface area contributed by atoms with Crippen molar-refractivity contribution in [2.24, 2.45) is 0 Å². The Balaban J connectivity index is 1.70. The number of anilines is 2. The lowest BCUT2D eigenvalue weighted by Crippen LogP contribution is -2.47. The van der Waals surface area contributed by atoms with Crippen LogP contribution in [0.5, 0.6) is 0 Å². The Bertz CT molecular complexity index is 679. The average Bonchev–Trinajstić information content (AvgIpc) is 2.54. The first kappa shape index (κ1) is 15.6. The SMILES string of the molecule is Cc1cncc(N2CCN(c3cccc(C(F)(F)F)c3)CC2)n1. The topological polar surface area (TPSA) is 32.3 Å². The minimum absolute atomic E-state index is 0.606. The first-order valence-corrected chi connectivity index (χ1v) is 7.39. The van der Waals surface area contributed by atoms with Crippen LogP contribution in [-0.4, -0.2) is 36.1 Å². The molecule has 1 aromatic heterocycles. The van der Waals surface area contributed by atoms with Gasteiger partial charge in [-0.25, -0.2) is 4.98 Å². The van der Waals surface area contributed by atoms with Gasteiger partial charge in [0.05, 0.1) is 17.5 Å². The summed E-state index contributed by atoms with van der Waals surface area (Å²) < 4.78 is 38.4. The maximum Gasteiger partial charge on any atom is 0.416 e. The Labute approximate surface area is 132 Å². The number of alkyl halides is 3. The molecule has 0 amide bonds. The normalized spacial score (nSPS) is 15.8. The van der Waals surface area contributed by atoms with Crippen molar-refractivity contribution in [1.29, 1.82) is 0 Å². The van der Waals surface area contributed by atoms with Crippen LogP contribution in [0.4, 0.5) is 24.7 Å². The molecule has 1 aliphatic heterocycles. The highest BCUT2D eigenvalue weighted by molar-refractivity contribution is 5.51. The minimum Gasteiger partial charge on any atom is -0.368 e. The molecule has 0 spiro atoms. The van der Waals surface area contributed by atoms with Crippen LogP contribution in [0.25, 0.3) is 0 Å². The summed E-state index contributed by atoms with van der Waals surface area (Å²) in [7, 11) is 0. The van der Waals surface area contributed by atoms with Gasteiger partial charge in [0.1, 0.15) is 5.82 Å². The predicted molar refractivity (Wildman–Crippen MR) is 82.6 cm³/mol. The summed E-state index contributed by atoms with van der Waals surface area (Å²) in [6.45, 7) is 4.59. The molecule has 7 heteroatoms. The first-order valence-electron chi connectivity index (χ1n) is 7.39. The monoisotopic (exact) mass is 322 g/mol. The summed E-state index contributed by atoms with van der Waals surface area (Å²) in [5.74, 6) is 0.814. The Morgan fingerprint density at radius 3 is 2.35 bits per heavy atom. The van der Waals surface area contributed by atoms with Gasteiger partial charge in [-0.2, -0.15) is 13.2 Å². The average molecular weight is 322 g/mol. The fraction of sp³-hybridized carbons (Fsp3) is 0.375. The van der Waals surface area contributed by atoms with Crippen molar-refractivity contribution in [3.05, 3.63) is 47.9 Å². The van der Waals surface area contributed by atoms with Crippen molar-refractivity contribution in [3.63, 3.8) is 0 Å². The summed E-state index contributed by atoms with van der Waals surface area (Å²) in [6, 6.07) is 5.48. The standard InChI is InChI=1S/C16H17F3N4/c1-12-10-20-11-15(21-12)23-7-5-22(6-8-23)14-4-2-3-13(9-14)16(17,18)19/h2-4,9-11H,5-8H2,1H3. The van der Waals surface area contributed by atoms with Gasteiger partial charge in [0, 0.05) is 38.1 Å². The Morgan fingerprint density at radius 1 is 1.00 bits per heavy atom. The summed E-state index contributed by atoms with van der Waals surface area (Å²) in [5.41, 5.74) is 0.847. The molecule has 2 heterocycles. The van der Waals surface area contributed by atoms with E-state index >= 15 is 0 Å². The number of nitrogens with zero attached hydrogens (tertiary/aromatic N) is 4. The smallest absolute Gasteiger partial charge is 0.368 e. The third kappa shape index (κ3) is 3.55. The first-order chi connectivity index (χ1) is 10.9. The van der Waals surface area contributed by atoms with E-state index in [2.05, 4.69) is 14.9 Å². The summed E-state index contributed by atoms with van der Waals surface area (Å²) in [5, 5.41) is 0. The molecule has 0 atom stereocenters. The van der Waals surface area contributed by atoms with Gasteiger partial charge in [-0.15, -0.1) is 0 Å². The molecule has 0 bridgehead atoms. The number of piperazine rings is 1. The Kier molecular flexibility index (Phi) is 4.11. The molecule has 1 aromatic carbocycles. The lowest BCUT2D eigenvalue weighted by atomic mass is 10.1. The van der Waals surface area contributed by atoms with Crippen LogP contribution in [-0.2, 0) is 6.18 Å². The molecule has 0 unspecified atom stereocenters. The Hall–Kier alpha value is -2.31. The van der Waals surface area contributed by atoms with E-state index in [0.717, 1.165) is 17.6 Å². The predicted octanol–water partition coefficient (Wildman–Crippen LogP) is 3.13. The van der Waals surface area contributed by atoms with Gasteiger partial charge in [0.2, 0.25) is 0 Å². The molecule has 4 nitrogen and oxygen atoms in total. The zero-order valence-electron chi connectivity index (χ0n) is 12.7. The zero-order chi connectivity index (χ0) is 16.4. The van der Waals surface area contributed by atoms with Gasteiger partial charge in [-0.1, -0.05) is 6.07 Å². The van der Waals surface area contributed by atoms with E-state index in [1.165, 1.54) is 12.1 Å². The Morgan fingerprint density at radius 2 is 1.70 bits per heavy atom. The van der Waals surface area contributed by atoms with E-state index in [1.807, 2.05) is 11.8 Å². The number of hydrogen-bond donors (Lipinski definition) is 0. The van der Waals surface area contributed by atoms with Gasteiger partial charge in [-0.3, -0.25) is 4.98 Å². The molecule has 122 valence electrons. The van der Waals surface area contributed by atoms with Crippen LogP contribution >= 0.6 is 0 Å². The zero-order valence-corrected chi connectivity index (χ0v) is 12.7. The molecule has 2 aromatic rings. The molecule has 1 aliphatic rings. The van der Waals surface area contributed by atoms with Gasteiger partial charge < -0.3 is 9.80 Å². The molecule has 0 aliphatic carbocycles. The summed E-state index contributed by atoms with van der Waals surface area (Å²) in [4.78, 5) is 12.6. The van der Waals surface area contributed by atoms with Crippen LogP contribution in [0, 0.1) is 6.92 Å². The summed E-state index contributed by atoms with van der Waals surface area (Å²) in [6.07, 6.45) is -0.899. The van der Waals surface area contributed by atoms with E-state index in [4.69, 9.17) is 0 Å². The van der Waals surface area contributed by atoms with Crippen LogP contribution in [0.15, 0.2) is 36.7 Å². The van der Waals surface area contributed by atoms with E-state index in [1.54, 1.807) is 18.5 Å². The van der Waals surface area contributed by atoms with E-state index in [9.17, 15) is 13.2 Å². The molecule has 0 saturated carbocycles. The fourth-order valence-corrected chi connectivity index (χ4v) is 2.68. The van der Waals surface area contributed by atoms with Crippen LogP contribution in [0.3, 0.4) is 0 Å². The third-order valence-electron chi connectivity index (χ3n) is 3.88. The van der Waals surface area contributed by atoms with Crippen molar-refractivity contribution >= 4 is 11.5 Å². The highest BCUT2D eigenvalue weighted by Gasteiger charge is 2.31. The maximum atomic E-state index is 12.8. The molecule has 0 N–H and O–H groups in total. The van der Waals surface area contributed by atoms with Crippen LogP contribution in [0.1, 0.15) is 11.3 Å². The molecule has 1 saturated heterocycles. The molecular formula is C16H17F3N4. The highest BCUT2D eigenvalue weighted by Crippen LogP contribution is 2.32. The van der Waals surface area contributed by atoms with Crippen molar-refractivity contribution < 1.29 is 13.2 Å². The van der Waals surface area contributed by atoms with Gasteiger partial charge in [-0.05, 0) is 25.1 Å². The minimum atomic E-state index is -4.31.